The van der Waals surface area contributed by atoms with Gasteiger partial charge in [-0.05, 0) is 44.5 Å². The Morgan fingerprint density at radius 3 is 2.53 bits per heavy atom. The third-order valence-corrected chi connectivity index (χ3v) is 3.40. The summed E-state index contributed by atoms with van der Waals surface area (Å²) in [5, 5.41) is 0. The van der Waals surface area contributed by atoms with Crippen LogP contribution in [0.2, 0.25) is 0 Å². The molecule has 1 aliphatic heterocycles. The van der Waals surface area contributed by atoms with Crippen LogP contribution < -0.4 is 5.73 Å². The summed E-state index contributed by atoms with van der Waals surface area (Å²) in [6.45, 7) is 5.87. The molecule has 1 aromatic carbocycles. The molecule has 1 heterocycles. The Balaban J connectivity index is 2.04. The molecule has 19 heavy (non-hydrogen) atoms. The number of nitrogens with two attached hydrogens (primary N) is 1. The van der Waals surface area contributed by atoms with Crippen molar-refractivity contribution < 1.29 is 14.3 Å². The zero-order valence-electron chi connectivity index (χ0n) is 11.7. The largest absolute Gasteiger partial charge is 0.459 e. The van der Waals surface area contributed by atoms with E-state index in [4.69, 9.17) is 15.2 Å². The van der Waals surface area contributed by atoms with Crippen molar-refractivity contribution in [3.8, 4) is 0 Å². The van der Waals surface area contributed by atoms with Crippen molar-refractivity contribution in [1.29, 1.82) is 0 Å². The molecule has 1 fully saturated rings. The predicted molar refractivity (Wildman–Crippen MR) is 74.0 cm³/mol. The fourth-order valence-corrected chi connectivity index (χ4v) is 2.57. The van der Waals surface area contributed by atoms with Gasteiger partial charge in [0.05, 0.1) is 17.8 Å². The van der Waals surface area contributed by atoms with Crippen LogP contribution in [0, 0.1) is 6.92 Å². The number of esters is 1. The lowest BCUT2D eigenvalue weighted by molar-refractivity contribution is -0.0855. The first-order valence-electron chi connectivity index (χ1n) is 6.68. The van der Waals surface area contributed by atoms with Gasteiger partial charge in [0.2, 0.25) is 0 Å². The SMILES string of the molecule is Cc1cc(N)ccc1C(=O)OC1CC(C)OC(C)C1. The van der Waals surface area contributed by atoms with Crippen molar-refractivity contribution in [3.05, 3.63) is 29.3 Å². The second-order valence-corrected chi connectivity index (χ2v) is 5.33. The van der Waals surface area contributed by atoms with Gasteiger partial charge >= 0.3 is 5.97 Å². The lowest BCUT2D eigenvalue weighted by atomic mass is 10.0. The summed E-state index contributed by atoms with van der Waals surface area (Å²) in [6.07, 6.45) is 1.71. The topological polar surface area (TPSA) is 61.6 Å². The number of aryl methyl sites for hydroxylation is 1. The predicted octanol–water partition coefficient (Wildman–Crippen LogP) is 2.69. The maximum atomic E-state index is 12.2. The summed E-state index contributed by atoms with van der Waals surface area (Å²) in [7, 11) is 0. The number of nitrogen functional groups attached to an aromatic ring is 1. The molecule has 0 spiro atoms. The second-order valence-electron chi connectivity index (χ2n) is 5.33. The Labute approximate surface area is 113 Å². The molecule has 1 saturated heterocycles. The monoisotopic (exact) mass is 263 g/mol. The highest BCUT2D eigenvalue weighted by Crippen LogP contribution is 2.23. The van der Waals surface area contributed by atoms with Gasteiger partial charge in [-0.3, -0.25) is 0 Å². The van der Waals surface area contributed by atoms with E-state index in [2.05, 4.69) is 0 Å². The van der Waals surface area contributed by atoms with Crippen molar-refractivity contribution in [1.82, 2.24) is 0 Å². The normalized spacial score (nSPS) is 27.0. The lowest BCUT2D eigenvalue weighted by Crippen LogP contribution is -2.35. The maximum absolute atomic E-state index is 12.2. The minimum absolute atomic E-state index is 0.0665. The molecule has 0 aromatic heterocycles. The molecule has 0 aliphatic carbocycles. The van der Waals surface area contributed by atoms with E-state index in [9.17, 15) is 4.79 Å². The number of hydrogen-bond acceptors (Lipinski definition) is 4. The number of benzene rings is 1. The van der Waals surface area contributed by atoms with E-state index in [1.165, 1.54) is 0 Å². The minimum atomic E-state index is -0.274. The van der Waals surface area contributed by atoms with Gasteiger partial charge in [-0.2, -0.15) is 0 Å². The van der Waals surface area contributed by atoms with E-state index < -0.39 is 0 Å². The molecule has 2 N–H and O–H groups in total. The first kappa shape index (κ1) is 13.9. The zero-order chi connectivity index (χ0) is 14.0. The highest BCUT2D eigenvalue weighted by atomic mass is 16.6. The molecule has 104 valence electrons. The Kier molecular flexibility index (Phi) is 4.10. The third-order valence-electron chi connectivity index (χ3n) is 3.40. The molecule has 1 aliphatic rings. The average Bonchev–Trinajstić information content (AvgIpc) is 2.26. The summed E-state index contributed by atoms with van der Waals surface area (Å²) in [5.74, 6) is -0.274. The fourth-order valence-electron chi connectivity index (χ4n) is 2.57. The second kappa shape index (κ2) is 5.61. The van der Waals surface area contributed by atoms with Gasteiger partial charge in [0.15, 0.2) is 0 Å². The summed E-state index contributed by atoms with van der Waals surface area (Å²) in [6, 6.07) is 5.23. The smallest absolute Gasteiger partial charge is 0.338 e. The molecular weight excluding hydrogens is 242 g/mol. The molecule has 0 radical (unpaired) electrons. The Morgan fingerprint density at radius 1 is 1.32 bits per heavy atom. The Bertz CT molecular complexity index is 462. The maximum Gasteiger partial charge on any atom is 0.338 e. The summed E-state index contributed by atoms with van der Waals surface area (Å²) in [4.78, 5) is 12.2. The highest BCUT2D eigenvalue weighted by molar-refractivity contribution is 5.91. The van der Waals surface area contributed by atoms with Gasteiger partial charge in [0.25, 0.3) is 0 Å². The molecule has 2 rings (SSSR count). The van der Waals surface area contributed by atoms with E-state index >= 15 is 0 Å². The van der Waals surface area contributed by atoms with E-state index in [0.717, 1.165) is 18.4 Å². The van der Waals surface area contributed by atoms with E-state index in [1.807, 2.05) is 20.8 Å². The van der Waals surface area contributed by atoms with Crippen LogP contribution in [0.15, 0.2) is 18.2 Å². The number of anilines is 1. The van der Waals surface area contributed by atoms with Crippen molar-refractivity contribution in [2.75, 3.05) is 5.73 Å². The van der Waals surface area contributed by atoms with E-state index in [0.29, 0.717) is 11.3 Å². The van der Waals surface area contributed by atoms with Gasteiger partial charge in [-0.1, -0.05) is 0 Å². The molecule has 1 aromatic rings. The molecular formula is C15H21NO3. The standard InChI is InChI=1S/C15H21NO3/c1-9-6-12(16)4-5-14(9)15(17)19-13-7-10(2)18-11(3)8-13/h4-6,10-11,13H,7-8,16H2,1-3H3. The van der Waals surface area contributed by atoms with Crippen LogP contribution in [-0.2, 0) is 9.47 Å². The van der Waals surface area contributed by atoms with Crippen molar-refractivity contribution in [2.24, 2.45) is 0 Å². The van der Waals surface area contributed by atoms with Crippen LogP contribution in [-0.4, -0.2) is 24.3 Å². The zero-order valence-corrected chi connectivity index (χ0v) is 11.7. The van der Waals surface area contributed by atoms with Crippen LogP contribution >= 0.6 is 0 Å². The van der Waals surface area contributed by atoms with Crippen molar-refractivity contribution in [3.63, 3.8) is 0 Å². The van der Waals surface area contributed by atoms with Crippen LogP contribution in [0.4, 0.5) is 5.69 Å². The summed E-state index contributed by atoms with van der Waals surface area (Å²) >= 11 is 0. The lowest BCUT2D eigenvalue weighted by Gasteiger charge is -2.31. The van der Waals surface area contributed by atoms with E-state index in [-0.39, 0.29) is 24.3 Å². The molecule has 4 heteroatoms. The van der Waals surface area contributed by atoms with Crippen LogP contribution in [0.25, 0.3) is 0 Å². The summed E-state index contributed by atoms with van der Waals surface area (Å²) in [5.41, 5.74) is 7.76. The Morgan fingerprint density at radius 2 is 1.95 bits per heavy atom. The fraction of sp³-hybridized carbons (Fsp3) is 0.533. The van der Waals surface area contributed by atoms with E-state index in [1.54, 1.807) is 18.2 Å². The average molecular weight is 263 g/mol. The molecule has 2 unspecified atom stereocenters. The number of ether oxygens (including phenoxy) is 2. The van der Waals surface area contributed by atoms with Crippen molar-refractivity contribution in [2.45, 2.75) is 51.9 Å². The van der Waals surface area contributed by atoms with Gasteiger partial charge in [0.1, 0.15) is 6.10 Å². The third kappa shape index (κ3) is 3.47. The van der Waals surface area contributed by atoms with Crippen LogP contribution in [0.1, 0.15) is 42.6 Å². The number of carbonyl (C=O) groups excluding carboxylic acids is 1. The number of hydrogen-bond donors (Lipinski definition) is 1. The molecule has 0 bridgehead atoms. The van der Waals surface area contributed by atoms with Gasteiger partial charge in [-0.25, -0.2) is 4.79 Å². The van der Waals surface area contributed by atoms with Crippen LogP contribution in [0.5, 0.6) is 0 Å². The molecule has 4 nitrogen and oxygen atoms in total. The minimum Gasteiger partial charge on any atom is -0.459 e. The van der Waals surface area contributed by atoms with Gasteiger partial charge < -0.3 is 15.2 Å². The summed E-state index contributed by atoms with van der Waals surface area (Å²) < 4.78 is 11.2. The number of carbonyl (C=O) groups is 1. The van der Waals surface area contributed by atoms with Gasteiger partial charge in [0, 0.05) is 18.5 Å². The molecule has 2 atom stereocenters. The molecule has 0 amide bonds. The van der Waals surface area contributed by atoms with Crippen LogP contribution in [0.3, 0.4) is 0 Å². The van der Waals surface area contributed by atoms with Crippen molar-refractivity contribution >= 4 is 11.7 Å². The highest BCUT2D eigenvalue weighted by Gasteiger charge is 2.27. The number of rotatable bonds is 2. The molecule has 0 saturated carbocycles. The quantitative estimate of drug-likeness (QED) is 0.658. The Hall–Kier alpha value is -1.55. The first-order chi connectivity index (χ1) is 8.95. The first-order valence-corrected chi connectivity index (χ1v) is 6.68. The van der Waals surface area contributed by atoms with Gasteiger partial charge in [-0.15, -0.1) is 0 Å².